The van der Waals surface area contributed by atoms with Gasteiger partial charge in [-0.2, -0.15) is 0 Å². The largest absolute Gasteiger partial charge is 0.400 e. The van der Waals surface area contributed by atoms with Gasteiger partial charge in [-0.05, 0) is 18.9 Å². The van der Waals surface area contributed by atoms with Crippen LogP contribution < -0.4 is 0 Å². The highest BCUT2D eigenvalue weighted by atomic mass is 28.3. The fraction of sp³-hybridized carbons (Fsp3) is 0.900. The van der Waals surface area contributed by atoms with Crippen molar-refractivity contribution >= 4 is 9.28 Å². The summed E-state index contributed by atoms with van der Waals surface area (Å²) in [6, 6.07) is 1.17. The fourth-order valence-electron chi connectivity index (χ4n) is 3.05. The number of rotatable bonds is 19. The monoisotopic (exact) mass is 342 g/mol. The molecule has 0 aromatic heterocycles. The Morgan fingerprint density at radius 3 is 1.30 bits per heavy atom. The first-order valence-electron chi connectivity index (χ1n) is 10.0. The zero-order chi connectivity index (χ0) is 17.0. The predicted octanol–water partition coefficient (Wildman–Crippen LogP) is 6.54. The van der Waals surface area contributed by atoms with E-state index in [0.29, 0.717) is 0 Å². The molecule has 0 atom stereocenters. The van der Waals surface area contributed by atoms with E-state index in [1.165, 1.54) is 102 Å². The molecule has 0 rings (SSSR count). The summed E-state index contributed by atoms with van der Waals surface area (Å²) in [6.07, 6.45) is 22.9. The standard InChI is InChI=1S/C20H42O2Si/c1-4-5-6-7-8-9-10-11-12-13-14-15-16-17-18-19-20-23(21-2)22-3/h4,23H,1,5-20H2,2-3H3. The second-order valence-electron chi connectivity index (χ2n) is 6.72. The third-order valence-electron chi connectivity index (χ3n) is 4.62. The molecule has 0 unspecified atom stereocenters. The minimum absolute atomic E-state index is 1.17. The molecule has 0 saturated carbocycles. The van der Waals surface area contributed by atoms with Gasteiger partial charge in [-0.15, -0.1) is 6.58 Å². The van der Waals surface area contributed by atoms with Gasteiger partial charge in [0, 0.05) is 14.2 Å². The summed E-state index contributed by atoms with van der Waals surface area (Å²) >= 11 is 0. The lowest BCUT2D eigenvalue weighted by Crippen LogP contribution is -2.18. The molecule has 0 fully saturated rings. The molecule has 0 N–H and O–H groups in total. The van der Waals surface area contributed by atoms with Crippen LogP contribution in [0.15, 0.2) is 12.7 Å². The van der Waals surface area contributed by atoms with Gasteiger partial charge in [0.05, 0.1) is 0 Å². The van der Waals surface area contributed by atoms with E-state index in [4.69, 9.17) is 8.85 Å². The number of allylic oxidation sites excluding steroid dienone is 1. The van der Waals surface area contributed by atoms with Crippen LogP contribution in [0.25, 0.3) is 0 Å². The average molecular weight is 343 g/mol. The van der Waals surface area contributed by atoms with Crippen LogP contribution >= 0.6 is 0 Å². The van der Waals surface area contributed by atoms with Crippen molar-refractivity contribution in [3.05, 3.63) is 12.7 Å². The Hall–Kier alpha value is -0.123. The van der Waals surface area contributed by atoms with Crippen molar-refractivity contribution in [3.8, 4) is 0 Å². The van der Waals surface area contributed by atoms with Crippen LogP contribution in [0.3, 0.4) is 0 Å². The lowest BCUT2D eigenvalue weighted by Gasteiger charge is -2.10. The van der Waals surface area contributed by atoms with Crippen molar-refractivity contribution in [3.63, 3.8) is 0 Å². The fourth-order valence-corrected chi connectivity index (χ4v) is 4.34. The van der Waals surface area contributed by atoms with E-state index in [-0.39, 0.29) is 0 Å². The third-order valence-corrected chi connectivity index (χ3v) is 6.56. The van der Waals surface area contributed by atoms with Gasteiger partial charge in [-0.25, -0.2) is 0 Å². The molecule has 3 heteroatoms. The van der Waals surface area contributed by atoms with Gasteiger partial charge in [0.2, 0.25) is 0 Å². The lowest BCUT2D eigenvalue weighted by molar-refractivity contribution is 0.276. The van der Waals surface area contributed by atoms with Crippen LogP contribution in [-0.4, -0.2) is 23.5 Å². The van der Waals surface area contributed by atoms with Crippen molar-refractivity contribution in [2.24, 2.45) is 0 Å². The topological polar surface area (TPSA) is 18.5 Å². The molecule has 0 aromatic carbocycles. The number of unbranched alkanes of at least 4 members (excludes halogenated alkanes) is 14. The van der Waals surface area contributed by atoms with Crippen molar-refractivity contribution in [2.75, 3.05) is 14.2 Å². The molecule has 23 heavy (non-hydrogen) atoms. The van der Waals surface area contributed by atoms with Gasteiger partial charge in [0.25, 0.3) is 0 Å². The third kappa shape index (κ3) is 18.1. The smallest absolute Gasteiger partial charge is 0.320 e. The van der Waals surface area contributed by atoms with E-state index in [9.17, 15) is 0 Å². The molecule has 0 amide bonds. The van der Waals surface area contributed by atoms with Crippen LogP contribution in [0.5, 0.6) is 0 Å². The second kappa shape index (κ2) is 19.9. The van der Waals surface area contributed by atoms with Crippen molar-refractivity contribution in [1.82, 2.24) is 0 Å². The summed E-state index contributed by atoms with van der Waals surface area (Å²) in [6.45, 7) is 3.77. The van der Waals surface area contributed by atoms with Crippen LogP contribution in [0, 0.1) is 0 Å². The molecule has 0 aliphatic heterocycles. The van der Waals surface area contributed by atoms with E-state index in [0.717, 1.165) is 0 Å². The number of hydrogen-bond acceptors (Lipinski definition) is 2. The highest BCUT2D eigenvalue weighted by Crippen LogP contribution is 2.14. The van der Waals surface area contributed by atoms with Gasteiger partial charge in [0.15, 0.2) is 0 Å². The molecule has 2 nitrogen and oxygen atoms in total. The maximum absolute atomic E-state index is 5.34. The molecule has 0 aliphatic rings. The Morgan fingerprint density at radius 1 is 0.609 bits per heavy atom. The Labute approximate surface area is 147 Å². The minimum Gasteiger partial charge on any atom is -0.400 e. The lowest BCUT2D eigenvalue weighted by atomic mass is 10.0. The summed E-state index contributed by atoms with van der Waals surface area (Å²) in [7, 11) is 2.27. The van der Waals surface area contributed by atoms with Gasteiger partial charge >= 0.3 is 9.28 Å². The first-order chi connectivity index (χ1) is 11.3. The first kappa shape index (κ1) is 22.9. The summed E-state index contributed by atoms with van der Waals surface area (Å²) in [5.74, 6) is 0. The van der Waals surface area contributed by atoms with Gasteiger partial charge in [-0.1, -0.05) is 89.5 Å². The summed E-state index contributed by atoms with van der Waals surface area (Å²) in [5.41, 5.74) is 0. The molecule has 0 bridgehead atoms. The zero-order valence-corrected chi connectivity index (χ0v) is 17.1. The summed E-state index contributed by atoms with van der Waals surface area (Å²) in [4.78, 5) is 0. The van der Waals surface area contributed by atoms with E-state index in [1.54, 1.807) is 14.2 Å². The predicted molar refractivity (Wildman–Crippen MR) is 105 cm³/mol. The Bertz CT molecular complexity index is 230. The van der Waals surface area contributed by atoms with Crippen LogP contribution in [0.2, 0.25) is 6.04 Å². The van der Waals surface area contributed by atoms with E-state index >= 15 is 0 Å². The van der Waals surface area contributed by atoms with Crippen molar-refractivity contribution in [1.29, 1.82) is 0 Å². The van der Waals surface area contributed by atoms with Gasteiger partial charge in [-0.3, -0.25) is 0 Å². The quantitative estimate of drug-likeness (QED) is 0.151. The van der Waals surface area contributed by atoms with E-state index < -0.39 is 9.28 Å². The molecular weight excluding hydrogens is 300 g/mol. The second-order valence-corrected chi connectivity index (χ2v) is 9.10. The van der Waals surface area contributed by atoms with E-state index in [1.807, 2.05) is 6.08 Å². The molecule has 0 spiro atoms. The van der Waals surface area contributed by atoms with Crippen molar-refractivity contribution < 1.29 is 8.85 Å². The van der Waals surface area contributed by atoms with Gasteiger partial charge in [0.1, 0.15) is 0 Å². The van der Waals surface area contributed by atoms with Crippen LogP contribution in [0.1, 0.15) is 96.3 Å². The van der Waals surface area contributed by atoms with E-state index in [2.05, 4.69) is 6.58 Å². The summed E-state index contributed by atoms with van der Waals surface area (Å²) < 4.78 is 10.7. The normalized spacial score (nSPS) is 11.3. The zero-order valence-electron chi connectivity index (χ0n) is 16.0. The van der Waals surface area contributed by atoms with Crippen molar-refractivity contribution in [2.45, 2.75) is 102 Å². The van der Waals surface area contributed by atoms with Crippen LogP contribution in [0.4, 0.5) is 0 Å². The molecule has 138 valence electrons. The highest BCUT2D eigenvalue weighted by molar-refractivity contribution is 6.44. The maximum Gasteiger partial charge on any atom is 0.320 e. The van der Waals surface area contributed by atoms with Crippen LogP contribution in [-0.2, 0) is 8.85 Å². The Balaban J connectivity index is 3.04. The molecule has 0 aliphatic carbocycles. The first-order valence-corrected chi connectivity index (χ1v) is 11.8. The molecule has 0 aromatic rings. The molecule has 0 saturated heterocycles. The Kier molecular flexibility index (Phi) is 19.8. The number of hydrogen-bond donors (Lipinski definition) is 0. The summed E-state index contributed by atoms with van der Waals surface area (Å²) in [5, 5.41) is 0. The molecule has 0 heterocycles. The SMILES string of the molecule is C=CCCCCCCCCCCCCCCCC[SiH](OC)OC. The highest BCUT2D eigenvalue weighted by Gasteiger charge is 2.07. The minimum atomic E-state index is -1.29. The molecule has 0 radical (unpaired) electrons. The molecular formula is C20H42O2Si. The average Bonchev–Trinajstić information content (AvgIpc) is 2.58. The Morgan fingerprint density at radius 2 is 0.957 bits per heavy atom. The maximum atomic E-state index is 5.34. The van der Waals surface area contributed by atoms with Gasteiger partial charge < -0.3 is 8.85 Å².